The molecule has 3 aliphatic carbocycles. The van der Waals surface area contributed by atoms with Gasteiger partial charge in [-0.15, -0.1) is 0 Å². The molecule has 4 aliphatic rings. The summed E-state index contributed by atoms with van der Waals surface area (Å²) in [4.78, 5) is 24.5. The van der Waals surface area contributed by atoms with Gasteiger partial charge in [-0.25, -0.2) is 0 Å². The number of allylic oxidation sites excluding steroid dienone is 1. The predicted octanol–water partition coefficient (Wildman–Crippen LogP) is 5.26. The van der Waals surface area contributed by atoms with E-state index in [9.17, 15) is 9.59 Å². The zero-order valence-electron chi connectivity index (χ0n) is 18.4. The van der Waals surface area contributed by atoms with Crippen LogP contribution in [0.1, 0.15) is 78.6 Å². The topological polar surface area (TPSA) is 63.6 Å². The summed E-state index contributed by atoms with van der Waals surface area (Å²) >= 11 is 0. The Morgan fingerprint density at radius 2 is 2.03 bits per heavy atom. The molecule has 0 spiro atoms. The fourth-order valence-electron chi connectivity index (χ4n) is 8.01. The summed E-state index contributed by atoms with van der Waals surface area (Å²) in [6, 6.07) is 0. The van der Waals surface area contributed by atoms with Crippen molar-refractivity contribution < 1.29 is 19.4 Å². The molecule has 0 aromatic heterocycles. The number of hydrogen-bond acceptors (Lipinski definition) is 3. The maximum absolute atomic E-state index is 13.4. The van der Waals surface area contributed by atoms with Gasteiger partial charge in [-0.05, 0) is 79.4 Å². The van der Waals surface area contributed by atoms with E-state index in [2.05, 4.69) is 26.8 Å². The van der Waals surface area contributed by atoms with Gasteiger partial charge in [0.1, 0.15) is 5.78 Å². The van der Waals surface area contributed by atoms with E-state index in [1.54, 1.807) is 0 Å². The molecule has 0 saturated heterocycles. The van der Waals surface area contributed by atoms with E-state index < -0.39 is 5.97 Å². The van der Waals surface area contributed by atoms with Gasteiger partial charge in [-0.2, -0.15) is 0 Å². The van der Waals surface area contributed by atoms with Crippen LogP contribution in [0.25, 0.3) is 0 Å². The molecule has 0 aromatic rings. The second kappa shape index (κ2) is 7.83. The zero-order valence-corrected chi connectivity index (χ0v) is 18.4. The summed E-state index contributed by atoms with van der Waals surface area (Å²) in [7, 11) is 0. The Bertz CT molecular complexity index is 697. The summed E-state index contributed by atoms with van der Waals surface area (Å²) in [5.74, 6) is 1.90. The molecule has 0 bridgehead atoms. The molecule has 0 amide bonds. The summed E-state index contributed by atoms with van der Waals surface area (Å²) in [5.41, 5.74) is 1.68. The van der Waals surface area contributed by atoms with E-state index in [1.165, 1.54) is 12.0 Å². The number of carboxylic acid groups (broad SMARTS) is 1. The Morgan fingerprint density at radius 3 is 2.79 bits per heavy atom. The van der Waals surface area contributed by atoms with Crippen LogP contribution >= 0.6 is 0 Å². The summed E-state index contributed by atoms with van der Waals surface area (Å²) in [6.45, 7) is 8.58. The van der Waals surface area contributed by atoms with Crippen LogP contribution in [0.5, 0.6) is 0 Å². The molecule has 1 aliphatic heterocycles. The van der Waals surface area contributed by atoms with Crippen molar-refractivity contribution in [2.24, 2.45) is 40.4 Å². The van der Waals surface area contributed by atoms with Crippen molar-refractivity contribution in [3.05, 3.63) is 11.6 Å². The quantitative estimate of drug-likeness (QED) is 0.651. The highest BCUT2D eigenvalue weighted by atomic mass is 16.5. The lowest BCUT2D eigenvalue weighted by molar-refractivity contribution is -0.140. The van der Waals surface area contributed by atoms with Gasteiger partial charge < -0.3 is 9.84 Å². The Balaban J connectivity index is 1.60. The van der Waals surface area contributed by atoms with Crippen LogP contribution in [0.4, 0.5) is 0 Å². The van der Waals surface area contributed by atoms with Crippen molar-refractivity contribution in [2.45, 2.75) is 78.6 Å². The van der Waals surface area contributed by atoms with Crippen LogP contribution < -0.4 is 0 Å². The van der Waals surface area contributed by atoms with Crippen LogP contribution in [0.15, 0.2) is 11.6 Å². The molecule has 4 heteroatoms. The largest absolute Gasteiger partial charge is 0.481 e. The molecule has 0 aromatic carbocycles. The SMILES string of the molecule is C[C@H](CCC(=O)O)[C@H]1CCC2[C@@H]3C(=O)C/C4=C/COCCC[C@]4(C)C3CC[C@@]21C. The fraction of sp³-hybridized carbons (Fsp3) is 0.840. The molecule has 3 fully saturated rings. The fourth-order valence-corrected chi connectivity index (χ4v) is 8.01. The highest BCUT2D eigenvalue weighted by Gasteiger charge is 2.61. The Labute approximate surface area is 175 Å². The minimum Gasteiger partial charge on any atom is -0.481 e. The Kier molecular flexibility index (Phi) is 5.69. The zero-order chi connectivity index (χ0) is 20.8. The molecule has 2 unspecified atom stereocenters. The van der Waals surface area contributed by atoms with Gasteiger partial charge >= 0.3 is 5.97 Å². The van der Waals surface area contributed by atoms with E-state index in [0.717, 1.165) is 45.1 Å². The molecular formula is C25H38O4. The first-order valence-electron chi connectivity index (χ1n) is 11.8. The number of carbonyl (C=O) groups excluding carboxylic acids is 1. The van der Waals surface area contributed by atoms with Gasteiger partial charge in [0.15, 0.2) is 0 Å². The first kappa shape index (κ1) is 21.1. The number of rotatable bonds is 4. The second-order valence-electron chi connectivity index (χ2n) is 10.8. The lowest BCUT2D eigenvalue weighted by Crippen LogP contribution is -2.53. The molecule has 4 nitrogen and oxygen atoms in total. The van der Waals surface area contributed by atoms with Crippen LogP contribution in [0.3, 0.4) is 0 Å². The molecule has 7 atom stereocenters. The number of ether oxygens (including phenoxy) is 1. The standard InChI is InChI=1S/C25H38O4/c1-16(5-8-22(27)28)18-6-7-19-23-20(9-12-25(18,19)3)24(2)11-4-13-29-14-10-17(24)15-21(23)26/h10,16,18-20,23H,4-9,11-15H2,1-3H3,(H,27,28)/b17-10-/t16-,18-,19?,20?,23+,24+,25-/m1/s1. The van der Waals surface area contributed by atoms with Gasteiger partial charge in [-0.3, -0.25) is 9.59 Å². The number of Topliss-reactive ketones (excluding diaryl/α,β-unsaturated/α-hetero) is 1. The van der Waals surface area contributed by atoms with Crippen molar-refractivity contribution in [3.8, 4) is 0 Å². The normalized spacial score (nSPS) is 45.1. The molecule has 4 rings (SSSR count). The molecule has 1 heterocycles. The Morgan fingerprint density at radius 1 is 1.24 bits per heavy atom. The van der Waals surface area contributed by atoms with Gasteiger partial charge in [0.2, 0.25) is 0 Å². The molecule has 162 valence electrons. The molecule has 29 heavy (non-hydrogen) atoms. The van der Waals surface area contributed by atoms with Crippen LogP contribution in [-0.2, 0) is 14.3 Å². The lowest BCUT2D eigenvalue weighted by atomic mass is 9.46. The van der Waals surface area contributed by atoms with Gasteiger partial charge in [0.05, 0.1) is 6.61 Å². The summed E-state index contributed by atoms with van der Waals surface area (Å²) in [5, 5.41) is 9.11. The first-order chi connectivity index (χ1) is 13.8. The van der Waals surface area contributed by atoms with Gasteiger partial charge in [0, 0.05) is 25.4 Å². The number of carbonyl (C=O) groups is 2. The van der Waals surface area contributed by atoms with Crippen LogP contribution in [-0.4, -0.2) is 30.1 Å². The minimum atomic E-state index is -0.691. The highest BCUT2D eigenvalue weighted by molar-refractivity contribution is 5.86. The average Bonchev–Trinajstić information content (AvgIpc) is 3.01. The van der Waals surface area contributed by atoms with E-state index in [0.29, 0.717) is 42.5 Å². The van der Waals surface area contributed by atoms with Gasteiger partial charge in [0.25, 0.3) is 0 Å². The van der Waals surface area contributed by atoms with Crippen molar-refractivity contribution in [1.29, 1.82) is 0 Å². The monoisotopic (exact) mass is 402 g/mol. The third kappa shape index (κ3) is 3.49. The average molecular weight is 403 g/mol. The third-order valence-corrected chi connectivity index (χ3v) is 9.57. The van der Waals surface area contributed by atoms with E-state index in [4.69, 9.17) is 9.84 Å². The van der Waals surface area contributed by atoms with Crippen molar-refractivity contribution in [1.82, 2.24) is 0 Å². The predicted molar refractivity (Wildman–Crippen MR) is 112 cm³/mol. The Hall–Kier alpha value is -1.16. The first-order valence-corrected chi connectivity index (χ1v) is 11.8. The van der Waals surface area contributed by atoms with Crippen molar-refractivity contribution >= 4 is 11.8 Å². The maximum atomic E-state index is 13.4. The maximum Gasteiger partial charge on any atom is 0.303 e. The van der Waals surface area contributed by atoms with E-state index in [-0.39, 0.29) is 23.2 Å². The molecular weight excluding hydrogens is 364 g/mol. The van der Waals surface area contributed by atoms with Crippen LogP contribution in [0, 0.1) is 40.4 Å². The number of ketones is 1. The van der Waals surface area contributed by atoms with Crippen LogP contribution in [0.2, 0.25) is 0 Å². The van der Waals surface area contributed by atoms with Crippen molar-refractivity contribution in [3.63, 3.8) is 0 Å². The number of carboxylic acids is 1. The highest BCUT2D eigenvalue weighted by Crippen LogP contribution is 2.66. The number of fused-ring (bicyclic) bond motifs is 5. The minimum absolute atomic E-state index is 0.150. The van der Waals surface area contributed by atoms with Crippen molar-refractivity contribution in [2.75, 3.05) is 13.2 Å². The smallest absolute Gasteiger partial charge is 0.303 e. The summed E-state index contributed by atoms with van der Waals surface area (Å²) < 4.78 is 5.68. The van der Waals surface area contributed by atoms with E-state index in [1.807, 2.05) is 0 Å². The second-order valence-corrected chi connectivity index (χ2v) is 10.8. The molecule has 1 N–H and O–H groups in total. The number of hydrogen-bond donors (Lipinski definition) is 1. The third-order valence-electron chi connectivity index (χ3n) is 9.57. The van der Waals surface area contributed by atoms with Gasteiger partial charge in [-0.1, -0.05) is 32.4 Å². The van der Waals surface area contributed by atoms with E-state index >= 15 is 0 Å². The molecule has 3 saturated carbocycles. The number of aliphatic carboxylic acids is 1. The molecule has 0 radical (unpaired) electrons. The summed E-state index contributed by atoms with van der Waals surface area (Å²) in [6.07, 6.45) is 10.7. The lowest BCUT2D eigenvalue weighted by Gasteiger charge is -2.57.